The van der Waals surface area contributed by atoms with E-state index in [9.17, 15) is 0 Å². The number of hydrogen-bond acceptors (Lipinski definition) is 3. The van der Waals surface area contributed by atoms with Crippen molar-refractivity contribution in [1.29, 1.82) is 0 Å². The molecule has 1 heterocycles. The summed E-state index contributed by atoms with van der Waals surface area (Å²) < 4.78 is 13.2. The van der Waals surface area contributed by atoms with Gasteiger partial charge in [-0.25, -0.2) is 0 Å². The van der Waals surface area contributed by atoms with Crippen LogP contribution >= 0.6 is 23.4 Å². The van der Waals surface area contributed by atoms with Crippen LogP contribution in [0.4, 0.5) is 0 Å². The van der Waals surface area contributed by atoms with Crippen LogP contribution in [0.3, 0.4) is 0 Å². The van der Waals surface area contributed by atoms with Gasteiger partial charge in [-0.15, -0.1) is 11.8 Å². The molecule has 0 bridgehead atoms. The maximum atomic E-state index is 6.88. The molecule has 4 aliphatic carbocycles. The topological polar surface area (TPSA) is 18.5 Å². The van der Waals surface area contributed by atoms with E-state index >= 15 is 0 Å². The Morgan fingerprint density at radius 2 is 1.83 bits per heavy atom. The summed E-state index contributed by atoms with van der Waals surface area (Å²) in [6.07, 6.45) is 17.3. The summed E-state index contributed by atoms with van der Waals surface area (Å²) in [5.74, 6) is 1.85. The van der Waals surface area contributed by atoms with E-state index in [2.05, 4.69) is 51.3 Å². The van der Waals surface area contributed by atoms with Crippen molar-refractivity contribution < 1.29 is 9.47 Å². The smallest absolute Gasteiger partial charge is 0.168 e. The molecule has 0 N–H and O–H groups in total. The Labute approximate surface area is 221 Å². The Morgan fingerprint density at radius 1 is 1.03 bits per heavy atom. The lowest BCUT2D eigenvalue weighted by Crippen LogP contribution is -2.57. The van der Waals surface area contributed by atoms with E-state index in [1.54, 1.807) is 5.57 Å². The highest BCUT2D eigenvalue weighted by Crippen LogP contribution is 2.66. The highest BCUT2D eigenvalue weighted by Gasteiger charge is 2.59. The predicted molar refractivity (Wildman–Crippen MR) is 146 cm³/mol. The predicted octanol–water partition coefficient (Wildman–Crippen LogP) is 8.71. The fourth-order valence-electron chi connectivity index (χ4n) is 8.76. The molecular weight excluding hydrogens is 472 g/mol. The van der Waals surface area contributed by atoms with Crippen molar-refractivity contribution in [2.75, 3.05) is 19.5 Å². The lowest BCUT2D eigenvalue weighted by atomic mass is 9.47. The van der Waals surface area contributed by atoms with Gasteiger partial charge < -0.3 is 9.47 Å². The molecule has 1 spiro atoms. The fraction of sp³-hybridized carbons (Fsp3) is 0.742. The zero-order valence-corrected chi connectivity index (χ0v) is 23.7. The molecule has 0 aromatic heterocycles. The van der Waals surface area contributed by atoms with E-state index in [1.807, 2.05) is 11.8 Å². The van der Waals surface area contributed by atoms with Crippen LogP contribution in [-0.4, -0.2) is 25.3 Å². The number of allylic oxidation sites excluding steroid dienone is 2. The van der Waals surface area contributed by atoms with E-state index in [0.29, 0.717) is 11.3 Å². The molecule has 4 heteroatoms. The van der Waals surface area contributed by atoms with Gasteiger partial charge in [0.25, 0.3) is 0 Å². The highest BCUT2D eigenvalue weighted by molar-refractivity contribution is 7.98. The van der Waals surface area contributed by atoms with Crippen molar-refractivity contribution in [3.63, 3.8) is 0 Å². The second-order valence-electron chi connectivity index (χ2n) is 13.5. The molecule has 1 saturated heterocycles. The molecule has 35 heavy (non-hydrogen) atoms. The van der Waals surface area contributed by atoms with Gasteiger partial charge in [0.05, 0.1) is 13.2 Å². The molecule has 0 radical (unpaired) electrons. The van der Waals surface area contributed by atoms with Crippen molar-refractivity contribution in [2.45, 2.75) is 95.7 Å². The second kappa shape index (κ2) is 8.79. The molecule has 1 aliphatic heterocycles. The Kier molecular flexibility index (Phi) is 6.23. The van der Waals surface area contributed by atoms with Gasteiger partial charge in [-0.1, -0.05) is 50.4 Å². The first-order valence-corrected chi connectivity index (χ1v) is 15.6. The van der Waals surface area contributed by atoms with Crippen LogP contribution in [-0.2, 0) is 15.9 Å². The van der Waals surface area contributed by atoms with Gasteiger partial charge in [0, 0.05) is 28.2 Å². The lowest BCUT2D eigenvalue weighted by Gasteiger charge is -2.60. The zero-order chi connectivity index (χ0) is 24.5. The summed E-state index contributed by atoms with van der Waals surface area (Å²) in [4.78, 5) is 1.32. The summed E-state index contributed by atoms with van der Waals surface area (Å²) in [7, 11) is 0. The Morgan fingerprint density at radius 3 is 2.60 bits per heavy atom. The third-order valence-corrected chi connectivity index (χ3v) is 11.8. The average molecular weight is 515 g/mol. The standard InChI is InChI=1S/C31H43ClO2S/c1-28(2)19-33-31(34-20-28)15-14-30(17-21-16-23(35-4)8-10-27(21)32)22(18-31)7-9-24-25-6-5-12-29(25,3)13-11-26(24)30/h8,10-11,16,22,24-25H,5-7,9,12-15,17-20H2,1-4H3/t22-,24-,25-,29-,30+/m0/s1. The van der Waals surface area contributed by atoms with Gasteiger partial charge in [0.1, 0.15) is 0 Å². The Bertz CT molecular complexity index is 1010. The van der Waals surface area contributed by atoms with Crippen molar-refractivity contribution in [3.8, 4) is 0 Å². The second-order valence-corrected chi connectivity index (χ2v) is 14.8. The van der Waals surface area contributed by atoms with Gasteiger partial charge in [0.2, 0.25) is 0 Å². The first-order chi connectivity index (χ1) is 16.7. The van der Waals surface area contributed by atoms with Crippen molar-refractivity contribution >= 4 is 23.4 Å². The molecule has 4 fully saturated rings. The van der Waals surface area contributed by atoms with Crippen LogP contribution in [0.15, 0.2) is 34.7 Å². The van der Waals surface area contributed by atoms with Gasteiger partial charge >= 0.3 is 0 Å². The minimum absolute atomic E-state index is 0.113. The SMILES string of the molecule is CSc1ccc(Cl)c(C[C@]23CCC4(C[C@@H]2CC[C@@H]2C3=CC[C@]3(C)CCC[C@@H]23)OCC(C)(C)CO4)c1. The van der Waals surface area contributed by atoms with E-state index in [0.717, 1.165) is 55.8 Å². The van der Waals surface area contributed by atoms with E-state index in [1.165, 1.54) is 49.0 Å². The lowest BCUT2D eigenvalue weighted by molar-refractivity contribution is -0.324. The zero-order valence-electron chi connectivity index (χ0n) is 22.1. The van der Waals surface area contributed by atoms with Crippen LogP contribution in [0, 0.1) is 34.0 Å². The molecule has 0 unspecified atom stereocenters. The molecule has 5 aliphatic rings. The molecule has 1 aromatic carbocycles. The molecule has 1 aromatic rings. The van der Waals surface area contributed by atoms with Crippen LogP contribution in [0.5, 0.6) is 0 Å². The molecule has 2 nitrogen and oxygen atoms in total. The molecule has 5 atom stereocenters. The third-order valence-electron chi connectivity index (χ3n) is 10.7. The first kappa shape index (κ1) is 24.8. The van der Waals surface area contributed by atoms with Crippen LogP contribution in [0.25, 0.3) is 0 Å². The summed E-state index contributed by atoms with van der Waals surface area (Å²) in [5, 5.41) is 0.937. The number of thioether (sulfide) groups is 1. The largest absolute Gasteiger partial charge is 0.349 e. The number of hydrogen-bond donors (Lipinski definition) is 0. The number of halogens is 1. The fourth-order valence-corrected chi connectivity index (χ4v) is 9.41. The van der Waals surface area contributed by atoms with Crippen molar-refractivity contribution in [2.24, 2.45) is 34.0 Å². The summed E-state index contributed by atoms with van der Waals surface area (Å²) in [6, 6.07) is 6.66. The minimum Gasteiger partial charge on any atom is -0.349 e. The van der Waals surface area contributed by atoms with Crippen molar-refractivity contribution in [1.82, 2.24) is 0 Å². The Hall–Kier alpha value is -0.480. The van der Waals surface area contributed by atoms with Crippen LogP contribution in [0.2, 0.25) is 5.02 Å². The minimum atomic E-state index is -0.376. The van der Waals surface area contributed by atoms with Crippen LogP contribution < -0.4 is 0 Å². The third kappa shape index (κ3) is 4.16. The van der Waals surface area contributed by atoms with Gasteiger partial charge in [-0.3, -0.25) is 0 Å². The monoisotopic (exact) mass is 514 g/mol. The summed E-state index contributed by atoms with van der Waals surface area (Å²) in [5.41, 5.74) is 3.97. The average Bonchev–Trinajstić information content (AvgIpc) is 3.25. The number of rotatable bonds is 3. The number of benzene rings is 1. The van der Waals surface area contributed by atoms with Gasteiger partial charge in [-0.05, 0) is 104 Å². The summed E-state index contributed by atoms with van der Waals surface area (Å²) in [6.45, 7) is 8.70. The number of ether oxygens (including phenoxy) is 2. The molecular formula is C31H43ClO2S. The quantitative estimate of drug-likeness (QED) is 0.297. The normalized spacial score (nSPS) is 39.5. The first-order valence-electron chi connectivity index (χ1n) is 14.0. The van der Waals surface area contributed by atoms with E-state index in [4.69, 9.17) is 21.1 Å². The van der Waals surface area contributed by atoms with Gasteiger partial charge in [0.15, 0.2) is 5.79 Å². The molecule has 6 rings (SSSR count). The maximum absolute atomic E-state index is 6.88. The highest BCUT2D eigenvalue weighted by atomic mass is 35.5. The molecule has 192 valence electrons. The molecule has 0 amide bonds. The Balaban J connectivity index is 1.38. The molecule has 3 saturated carbocycles. The summed E-state index contributed by atoms with van der Waals surface area (Å²) >= 11 is 8.70. The van der Waals surface area contributed by atoms with E-state index < -0.39 is 0 Å². The van der Waals surface area contributed by atoms with Gasteiger partial charge in [-0.2, -0.15) is 0 Å². The van der Waals surface area contributed by atoms with Crippen molar-refractivity contribution in [3.05, 3.63) is 40.4 Å². The van der Waals surface area contributed by atoms with Crippen LogP contribution in [0.1, 0.15) is 84.1 Å². The maximum Gasteiger partial charge on any atom is 0.168 e. The number of fused-ring (bicyclic) bond motifs is 5. The van der Waals surface area contributed by atoms with E-state index in [-0.39, 0.29) is 16.6 Å².